The Kier molecular flexibility index (Phi) is 5.72. The van der Waals surface area contributed by atoms with Gasteiger partial charge in [-0.15, -0.1) is 0 Å². The molecule has 2 fully saturated rings. The first kappa shape index (κ1) is 15.9. The number of piperidine rings is 1. The van der Waals surface area contributed by atoms with Crippen LogP contribution in [0.2, 0.25) is 0 Å². The molecule has 118 valence electrons. The molecule has 2 aliphatic heterocycles. The molecule has 0 N–H and O–H groups in total. The van der Waals surface area contributed by atoms with Crippen LogP contribution in [-0.2, 0) is 28.5 Å². The molecule has 21 heavy (non-hydrogen) atoms. The van der Waals surface area contributed by atoms with Gasteiger partial charge in [-0.25, -0.2) is 9.59 Å². The minimum Gasteiger partial charge on any atom is -0.466 e. The lowest BCUT2D eigenvalue weighted by Gasteiger charge is -2.37. The molecule has 0 unspecified atom stereocenters. The number of hydrogen-bond acceptors (Lipinski definition) is 7. The van der Waals surface area contributed by atoms with Crippen LogP contribution < -0.4 is 0 Å². The van der Waals surface area contributed by atoms with Gasteiger partial charge in [0, 0.05) is 44.6 Å². The second-order valence-electron chi connectivity index (χ2n) is 4.97. The van der Waals surface area contributed by atoms with E-state index in [2.05, 4.69) is 9.64 Å². The van der Waals surface area contributed by atoms with Gasteiger partial charge in [-0.1, -0.05) is 0 Å². The summed E-state index contributed by atoms with van der Waals surface area (Å²) in [5, 5.41) is 0. The Morgan fingerprint density at radius 3 is 2.38 bits per heavy atom. The fourth-order valence-electron chi connectivity index (χ4n) is 2.43. The van der Waals surface area contributed by atoms with E-state index in [1.807, 2.05) is 0 Å². The fraction of sp³-hybridized carbons (Fsp3) is 0.714. The zero-order valence-electron chi connectivity index (χ0n) is 12.2. The Morgan fingerprint density at radius 1 is 1.14 bits per heavy atom. The van der Waals surface area contributed by atoms with E-state index in [1.165, 1.54) is 7.11 Å². The van der Waals surface area contributed by atoms with Crippen molar-refractivity contribution in [3.63, 3.8) is 0 Å². The SMILES string of the molecule is COC(=O)/C=C/C(=O)OCCN1CCC2(CC1)OCCO2. The van der Waals surface area contributed by atoms with Crippen LogP contribution in [-0.4, -0.2) is 69.2 Å². The molecule has 7 heteroatoms. The number of esters is 2. The first-order chi connectivity index (χ1) is 10.1. The predicted molar refractivity (Wildman–Crippen MR) is 72.4 cm³/mol. The van der Waals surface area contributed by atoms with Crippen molar-refractivity contribution in [3.05, 3.63) is 12.2 Å². The molecular formula is C14H21NO6. The van der Waals surface area contributed by atoms with Gasteiger partial charge >= 0.3 is 11.9 Å². The Bertz CT molecular complexity index is 392. The molecule has 0 aromatic rings. The summed E-state index contributed by atoms with van der Waals surface area (Å²) in [6, 6.07) is 0. The molecule has 0 saturated carbocycles. The lowest BCUT2D eigenvalue weighted by atomic mass is 10.0. The van der Waals surface area contributed by atoms with Gasteiger partial charge in [0.2, 0.25) is 0 Å². The van der Waals surface area contributed by atoms with Crippen molar-refractivity contribution in [2.45, 2.75) is 18.6 Å². The number of hydrogen-bond donors (Lipinski definition) is 0. The highest BCUT2D eigenvalue weighted by atomic mass is 16.7. The summed E-state index contributed by atoms with van der Waals surface area (Å²) in [7, 11) is 1.25. The van der Waals surface area contributed by atoms with Gasteiger partial charge < -0.3 is 18.9 Å². The maximum Gasteiger partial charge on any atom is 0.331 e. The smallest absolute Gasteiger partial charge is 0.331 e. The molecule has 0 atom stereocenters. The van der Waals surface area contributed by atoms with E-state index in [0.29, 0.717) is 26.4 Å². The molecule has 0 radical (unpaired) electrons. The van der Waals surface area contributed by atoms with Crippen molar-refractivity contribution in [3.8, 4) is 0 Å². The predicted octanol–water partition coefficient (Wildman–Crippen LogP) is 0.0977. The number of methoxy groups -OCH3 is 1. The number of likely N-dealkylation sites (tertiary alicyclic amines) is 1. The first-order valence-corrected chi connectivity index (χ1v) is 7.07. The highest BCUT2D eigenvalue weighted by Crippen LogP contribution is 2.30. The van der Waals surface area contributed by atoms with Crippen molar-refractivity contribution in [2.24, 2.45) is 0 Å². The van der Waals surface area contributed by atoms with Gasteiger partial charge in [-0.05, 0) is 0 Å². The molecule has 2 rings (SSSR count). The fourth-order valence-corrected chi connectivity index (χ4v) is 2.43. The van der Waals surface area contributed by atoms with E-state index < -0.39 is 11.9 Å². The number of ether oxygens (including phenoxy) is 4. The summed E-state index contributed by atoms with van der Waals surface area (Å²) in [6.45, 7) is 4.01. The van der Waals surface area contributed by atoms with Crippen molar-refractivity contribution >= 4 is 11.9 Å². The van der Waals surface area contributed by atoms with Crippen molar-refractivity contribution < 1.29 is 28.5 Å². The summed E-state index contributed by atoms with van der Waals surface area (Å²) in [4.78, 5) is 24.3. The van der Waals surface area contributed by atoms with Crippen LogP contribution in [0.25, 0.3) is 0 Å². The number of rotatable bonds is 5. The quantitative estimate of drug-likeness (QED) is 0.526. The minimum atomic E-state index is -0.579. The highest BCUT2D eigenvalue weighted by Gasteiger charge is 2.39. The largest absolute Gasteiger partial charge is 0.466 e. The van der Waals surface area contributed by atoms with Crippen LogP contribution in [0.5, 0.6) is 0 Å². The van der Waals surface area contributed by atoms with E-state index >= 15 is 0 Å². The molecular weight excluding hydrogens is 278 g/mol. The summed E-state index contributed by atoms with van der Waals surface area (Å²) in [5.41, 5.74) is 0. The molecule has 0 aliphatic carbocycles. The van der Waals surface area contributed by atoms with Crippen LogP contribution in [0.4, 0.5) is 0 Å². The molecule has 0 aromatic heterocycles. The number of carbonyl (C=O) groups excluding carboxylic acids is 2. The Labute approximate surface area is 123 Å². The lowest BCUT2D eigenvalue weighted by molar-refractivity contribution is -0.186. The van der Waals surface area contributed by atoms with Crippen molar-refractivity contribution in [1.82, 2.24) is 4.90 Å². The van der Waals surface area contributed by atoms with Gasteiger partial charge in [-0.3, -0.25) is 4.90 Å². The second-order valence-corrected chi connectivity index (χ2v) is 4.97. The van der Waals surface area contributed by atoms with Gasteiger partial charge in [0.15, 0.2) is 5.79 Å². The van der Waals surface area contributed by atoms with E-state index in [0.717, 1.165) is 38.1 Å². The van der Waals surface area contributed by atoms with Crippen LogP contribution in [0.15, 0.2) is 12.2 Å². The summed E-state index contributed by atoms with van der Waals surface area (Å²) < 4.78 is 20.7. The van der Waals surface area contributed by atoms with Crippen LogP contribution in [0.3, 0.4) is 0 Å². The van der Waals surface area contributed by atoms with E-state index in [9.17, 15) is 9.59 Å². The third-order valence-electron chi connectivity index (χ3n) is 3.64. The van der Waals surface area contributed by atoms with Gasteiger partial charge in [0.05, 0.1) is 20.3 Å². The Morgan fingerprint density at radius 2 is 1.76 bits per heavy atom. The molecule has 0 amide bonds. The van der Waals surface area contributed by atoms with Crippen molar-refractivity contribution in [2.75, 3.05) is 46.6 Å². The Hall–Kier alpha value is -1.44. The van der Waals surface area contributed by atoms with Crippen LogP contribution in [0, 0.1) is 0 Å². The summed E-state index contributed by atoms with van der Waals surface area (Å²) >= 11 is 0. The maximum atomic E-state index is 11.3. The highest BCUT2D eigenvalue weighted by molar-refractivity contribution is 5.91. The van der Waals surface area contributed by atoms with Gasteiger partial charge in [0.25, 0.3) is 0 Å². The van der Waals surface area contributed by atoms with Gasteiger partial charge in [-0.2, -0.15) is 0 Å². The number of nitrogens with zero attached hydrogens (tertiary/aromatic N) is 1. The third-order valence-corrected chi connectivity index (χ3v) is 3.64. The molecule has 0 bridgehead atoms. The molecule has 7 nitrogen and oxygen atoms in total. The zero-order chi connectivity index (χ0) is 15.1. The lowest BCUT2D eigenvalue weighted by Crippen LogP contribution is -2.46. The standard InChI is InChI=1S/C14H21NO6/c1-18-12(16)2-3-13(17)19-9-8-15-6-4-14(5-7-15)20-10-11-21-14/h2-3H,4-11H2,1H3/b3-2+. The molecule has 2 heterocycles. The average molecular weight is 299 g/mol. The summed E-state index contributed by atoms with van der Waals surface area (Å²) in [6.07, 6.45) is 3.78. The Balaban J connectivity index is 1.60. The minimum absolute atomic E-state index is 0.291. The summed E-state index contributed by atoms with van der Waals surface area (Å²) in [5.74, 6) is -1.50. The molecule has 0 aromatic carbocycles. The first-order valence-electron chi connectivity index (χ1n) is 7.07. The third kappa shape index (κ3) is 4.80. The maximum absolute atomic E-state index is 11.3. The molecule has 2 aliphatic rings. The van der Waals surface area contributed by atoms with E-state index in [-0.39, 0.29) is 5.79 Å². The zero-order valence-corrected chi connectivity index (χ0v) is 12.2. The second kappa shape index (κ2) is 7.53. The topological polar surface area (TPSA) is 74.3 Å². The number of carbonyl (C=O) groups is 2. The van der Waals surface area contributed by atoms with Crippen LogP contribution in [0.1, 0.15) is 12.8 Å². The van der Waals surface area contributed by atoms with Gasteiger partial charge in [0.1, 0.15) is 6.61 Å². The van der Waals surface area contributed by atoms with Crippen molar-refractivity contribution in [1.29, 1.82) is 0 Å². The van der Waals surface area contributed by atoms with E-state index in [4.69, 9.17) is 14.2 Å². The molecule has 2 saturated heterocycles. The van der Waals surface area contributed by atoms with Crippen LogP contribution >= 0.6 is 0 Å². The monoisotopic (exact) mass is 299 g/mol. The van der Waals surface area contributed by atoms with E-state index in [1.54, 1.807) is 0 Å². The molecule has 1 spiro atoms. The average Bonchev–Trinajstić information content (AvgIpc) is 2.95. The normalized spacial score (nSPS) is 21.8.